The number of methoxy groups -OCH3 is 2. The summed E-state index contributed by atoms with van der Waals surface area (Å²) in [6, 6.07) is 10.3. The van der Waals surface area contributed by atoms with Crippen molar-refractivity contribution in [2.45, 2.75) is 79.4 Å². The summed E-state index contributed by atoms with van der Waals surface area (Å²) in [5.41, 5.74) is -3.39. The summed E-state index contributed by atoms with van der Waals surface area (Å²) in [7, 11) is 2.32. The van der Waals surface area contributed by atoms with Crippen LogP contribution in [0.15, 0.2) is 63.8 Å². The number of aliphatic hydroxyl groups excluding tert-OH is 7. The molecule has 0 spiro atoms. The van der Waals surface area contributed by atoms with E-state index in [0.717, 1.165) is 19.3 Å². The standard InChI is InChI=1S/C43H48O24/c1-58-22-11-18(6-9-20(22)47)34-36(31(53)27-23(62-34)12-21(48)35(59-2)30(27)52)66-41-38(67-42-39(56)43(57,15-45)16-61-42)33(55)29(51)25(64-41)14-60-40-37(32(54)28(50)24(13-44)63-40)65-26(49)10-5-17-3-7-19(46)8-4-17/h3-12,24-25,28-29,32-33,37-42,44-48,50-52,54-57H,13-16H2,1-2H3. The maximum atomic E-state index is 14.5. The Labute approximate surface area is 377 Å². The number of benzene rings is 3. The molecule has 1 aromatic heterocycles. The molecule has 3 aliphatic heterocycles. The summed E-state index contributed by atoms with van der Waals surface area (Å²) in [5.74, 6) is -4.92. The van der Waals surface area contributed by atoms with E-state index < -0.39 is 157 Å². The predicted octanol–water partition coefficient (Wildman–Crippen LogP) is -1.97. The van der Waals surface area contributed by atoms with Gasteiger partial charge in [-0.15, -0.1) is 0 Å². The molecule has 24 nitrogen and oxygen atoms in total. The van der Waals surface area contributed by atoms with Crippen molar-refractivity contribution < 1.29 is 113 Å². The molecule has 0 saturated carbocycles. The number of phenolic OH excluding ortho intramolecular Hbond substituents is 4. The molecule has 12 N–H and O–H groups in total. The van der Waals surface area contributed by atoms with Crippen molar-refractivity contribution in [1.82, 2.24) is 0 Å². The number of hydrogen-bond donors (Lipinski definition) is 12. The molecule has 3 aromatic carbocycles. The van der Waals surface area contributed by atoms with Gasteiger partial charge in [-0.2, -0.15) is 0 Å². The van der Waals surface area contributed by atoms with Gasteiger partial charge in [-0.3, -0.25) is 4.79 Å². The average Bonchev–Trinajstić information content (AvgIpc) is 3.60. The van der Waals surface area contributed by atoms with Crippen molar-refractivity contribution in [3.8, 4) is 51.6 Å². The maximum Gasteiger partial charge on any atom is 0.331 e. The molecule has 24 heteroatoms. The number of esters is 1. The van der Waals surface area contributed by atoms with Crippen molar-refractivity contribution >= 4 is 23.0 Å². The van der Waals surface area contributed by atoms with Crippen LogP contribution in [0.3, 0.4) is 0 Å². The van der Waals surface area contributed by atoms with E-state index in [2.05, 4.69) is 0 Å². The number of ether oxygens (including phenoxy) is 9. The van der Waals surface area contributed by atoms with E-state index in [1.807, 2.05) is 0 Å². The molecule has 7 rings (SSSR count). The van der Waals surface area contributed by atoms with E-state index in [1.165, 1.54) is 55.7 Å². The van der Waals surface area contributed by atoms with Gasteiger partial charge in [0.25, 0.3) is 0 Å². The summed E-state index contributed by atoms with van der Waals surface area (Å²) >= 11 is 0. The van der Waals surface area contributed by atoms with Crippen molar-refractivity contribution in [2.75, 3.05) is 40.6 Å². The third-order valence-electron chi connectivity index (χ3n) is 11.3. The fourth-order valence-corrected chi connectivity index (χ4v) is 7.50. The van der Waals surface area contributed by atoms with E-state index in [9.17, 15) is 70.9 Å². The number of aromatic hydroxyl groups is 4. The van der Waals surface area contributed by atoms with Crippen molar-refractivity contribution in [1.29, 1.82) is 0 Å². The third-order valence-corrected chi connectivity index (χ3v) is 11.3. The molecule has 13 unspecified atom stereocenters. The van der Waals surface area contributed by atoms with E-state index in [0.29, 0.717) is 5.56 Å². The van der Waals surface area contributed by atoms with Crippen molar-refractivity contribution in [2.24, 2.45) is 0 Å². The highest BCUT2D eigenvalue weighted by molar-refractivity contribution is 5.91. The SMILES string of the molecule is COc1cc(-c2oc3cc(O)c(OC)c(O)c3c(=O)c2OC2OC(COC3OC(CO)C(O)C(O)C3OC(=O)C=Cc3ccc(O)cc3)C(O)C(O)C2OC2OCC(O)(CO)C2O)ccc1O. The second-order valence-corrected chi connectivity index (χ2v) is 15.6. The first kappa shape index (κ1) is 49.1. The predicted molar refractivity (Wildman–Crippen MR) is 221 cm³/mol. The molecule has 0 amide bonds. The van der Waals surface area contributed by atoms with Gasteiger partial charge in [0.1, 0.15) is 65.0 Å². The minimum absolute atomic E-state index is 0.0260. The number of phenols is 4. The quantitative estimate of drug-likeness (QED) is 0.0454. The Bertz CT molecular complexity index is 2480. The fourth-order valence-electron chi connectivity index (χ4n) is 7.50. The smallest absolute Gasteiger partial charge is 0.331 e. The highest BCUT2D eigenvalue weighted by Gasteiger charge is 2.55. The Kier molecular flexibility index (Phi) is 14.8. The summed E-state index contributed by atoms with van der Waals surface area (Å²) in [6.07, 6.45) is -20.5. The lowest BCUT2D eigenvalue weighted by Crippen LogP contribution is -2.64. The van der Waals surface area contributed by atoms with Crippen LogP contribution in [-0.2, 0) is 33.2 Å². The van der Waals surface area contributed by atoms with Crippen LogP contribution >= 0.6 is 0 Å². The Morgan fingerprint density at radius 1 is 0.806 bits per heavy atom. The molecule has 3 saturated heterocycles. The first-order chi connectivity index (χ1) is 31.9. The van der Waals surface area contributed by atoms with Gasteiger partial charge in [-0.05, 0) is 42.0 Å². The van der Waals surface area contributed by atoms with Crippen LogP contribution in [0, 0.1) is 0 Å². The molecule has 4 heterocycles. The third kappa shape index (κ3) is 9.79. The topological polar surface area (TPSA) is 373 Å². The molecule has 364 valence electrons. The highest BCUT2D eigenvalue weighted by Crippen LogP contribution is 2.45. The Morgan fingerprint density at radius 3 is 2.15 bits per heavy atom. The molecule has 0 bridgehead atoms. The number of rotatable bonds is 15. The summed E-state index contributed by atoms with van der Waals surface area (Å²) < 4.78 is 56.6. The second kappa shape index (κ2) is 20.2. The van der Waals surface area contributed by atoms with Gasteiger partial charge >= 0.3 is 5.97 Å². The zero-order chi connectivity index (χ0) is 48.5. The molecule has 0 aliphatic carbocycles. The van der Waals surface area contributed by atoms with Gasteiger partial charge < -0.3 is 108 Å². The Morgan fingerprint density at radius 2 is 1.49 bits per heavy atom. The van der Waals surface area contributed by atoms with Crippen LogP contribution in [0.1, 0.15) is 5.56 Å². The lowest BCUT2D eigenvalue weighted by molar-refractivity contribution is -0.338. The summed E-state index contributed by atoms with van der Waals surface area (Å²) in [5, 5.41) is 127. The van der Waals surface area contributed by atoms with Crippen molar-refractivity contribution in [3.63, 3.8) is 0 Å². The van der Waals surface area contributed by atoms with Gasteiger partial charge in [0.15, 0.2) is 53.5 Å². The van der Waals surface area contributed by atoms with Crippen LogP contribution in [0.2, 0.25) is 0 Å². The maximum absolute atomic E-state index is 14.5. The molecular weight excluding hydrogens is 900 g/mol. The fraction of sp³-hybridized carbons (Fsp3) is 0.442. The minimum atomic E-state index is -2.25. The molecule has 0 radical (unpaired) electrons. The number of aliphatic hydroxyl groups is 8. The van der Waals surface area contributed by atoms with Crippen molar-refractivity contribution in [3.05, 3.63) is 70.4 Å². The van der Waals surface area contributed by atoms with E-state index in [4.69, 9.17) is 47.0 Å². The molecule has 13 atom stereocenters. The molecule has 3 aliphatic rings. The summed E-state index contributed by atoms with van der Waals surface area (Å²) in [6.45, 7) is -3.39. The number of carbonyl (C=O) groups excluding carboxylic acids is 1. The van der Waals surface area contributed by atoms with Gasteiger partial charge in [0.2, 0.25) is 23.2 Å². The van der Waals surface area contributed by atoms with Gasteiger partial charge in [0, 0.05) is 17.7 Å². The van der Waals surface area contributed by atoms with Gasteiger partial charge in [-0.1, -0.05) is 12.1 Å². The molecule has 4 aromatic rings. The second-order valence-electron chi connectivity index (χ2n) is 15.6. The lowest BCUT2D eigenvalue weighted by Gasteiger charge is -2.44. The molecule has 3 fully saturated rings. The molecular formula is C43H48O24. The first-order valence-electron chi connectivity index (χ1n) is 20.3. The normalized spacial score (nSPS) is 31.0. The number of hydrogen-bond acceptors (Lipinski definition) is 24. The van der Waals surface area contributed by atoms with Crippen LogP contribution in [0.25, 0.3) is 28.4 Å². The van der Waals surface area contributed by atoms with E-state index in [-0.39, 0.29) is 22.8 Å². The monoisotopic (exact) mass is 948 g/mol. The zero-order valence-corrected chi connectivity index (χ0v) is 35.3. The zero-order valence-electron chi connectivity index (χ0n) is 35.3. The lowest BCUT2D eigenvalue weighted by atomic mass is 9.97. The van der Waals surface area contributed by atoms with E-state index >= 15 is 0 Å². The van der Waals surface area contributed by atoms with Crippen LogP contribution in [-0.4, -0.2) is 187 Å². The molecule has 67 heavy (non-hydrogen) atoms. The number of carbonyl (C=O) groups is 1. The van der Waals surface area contributed by atoms with Gasteiger partial charge in [-0.25, -0.2) is 4.79 Å². The summed E-state index contributed by atoms with van der Waals surface area (Å²) in [4.78, 5) is 27.5. The highest BCUT2D eigenvalue weighted by atomic mass is 16.8. The van der Waals surface area contributed by atoms with Crippen LogP contribution < -0.4 is 19.6 Å². The Hall–Kier alpha value is -5.84. The average molecular weight is 949 g/mol. The Balaban J connectivity index is 1.25. The van der Waals surface area contributed by atoms with Gasteiger partial charge in [0.05, 0.1) is 40.6 Å². The largest absolute Gasteiger partial charge is 0.508 e. The van der Waals surface area contributed by atoms with Crippen LogP contribution in [0.5, 0.6) is 40.2 Å². The minimum Gasteiger partial charge on any atom is -0.508 e. The van der Waals surface area contributed by atoms with E-state index in [1.54, 1.807) is 0 Å². The first-order valence-corrected chi connectivity index (χ1v) is 20.3. The van der Waals surface area contributed by atoms with Crippen LogP contribution in [0.4, 0.5) is 0 Å². The number of fused-ring (bicyclic) bond motifs is 1.